The fourth-order valence-electron chi connectivity index (χ4n) is 3.31. The predicted octanol–water partition coefficient (Wildman–Crippen LogP) is 4.27. The molecule has 4 rings (SSSR count). The average molecular weight is 431 g/mol. The van der Waals surface area contributed by atoms with Gasteiger partial charge in [-0.2, -0.15) is 0 Å². The molecule has 150 valence electrons. The van der Waals surface area contributed by atoms with Crippen molar-refractivity contribution in [3.8, 4) is 0 Å². The van der Waals surface area contributed by atoms with Crippen LogP contribution in [0.5, 0.6) is 0 Å². The van der Waals surface area contributed by atoms with E-state index in [2.05, 4.69) is 15.1 Å². The first kappa shape index (κ1) is 19.8. The molecular weight excluding hydrogens is 411 g/mol. The van der Waals surface area contributed by atoms with Gasteiger partial charge in [0.1, 0.15) is 10.8 Å². The van der Waals surface area contributed by atoms with Gasteiger partial charge in [0.05, 0.1) is 0 Å². The number of benzene rings is 2. The minimum absolute atomic E-state index is 0.0257. The molecule has 1 fully saturated rings. The molecule has 0 saturated carbocycles. The Balaban J connectivity index is 1.38. The number of aromatic nitrogens is 2. The number of carbonyl (C=O) groups excluding carboxylic acids is 1. The van der Waals surface area contributed by atoms with Crippen molar-refractivity contribution in [1.29, 1.82) is 0 Å². The first-order chi connectivity index (χ1) is 14.1. The molecule has 5 nitrogen and oxygen atoms in total. The van der Waals surface area contributed by atoms with Gasteiger partial charge in [0.15, 0.2) is 0 Å². The van der Waals surface area contributed by atoms with Crippen molar-refractivity contribution in [2.24, 2.45) is 0 Å². The number of anilines is 1. The number of nitrogens with zero attached hydrogens (tertiary/aromatic N) is 4. The quantitative estimate of drug-likeness (QED) is 0.620. The smallest absolute Gasteiger partial charge is 0.253 e. The molecule has 1 aliphatic heterocycles. The molecule has 0 bridgehead atoms. The highest BCUT2D eigenvalue weighted by Crippen LogP contribution is 2.24. The molecule has 3 aromatic rings. The number of rotatable bonds is 4. The summed E-state index contributed by atoms with van der Waals surface area (Å²) in [6.07, 6.45) is 1.50. The third-order valence-corrected chi connectivity index (χ3v) is 6.11. The topological polar surface area (TPSA) is 49.3 Å². The zero-order chi connectivity index (χ0) is 20.2. The Kier molecular flexibility index (Phi) is 6.06. The van der Waals surface area contributed by atoms with Crippen LogP contribution in [-0.4, -0.2) is 47.2 Å². The Labute approximate surface area is 177 Å². The molecule has 0 spiro atoms. The molecule has 1 aromatic heterocycles. The van der Waals surface area contributed by atoms with Gasteiger partial charge in [-0.15, -0.1) is 10.2 Å². The lowest BCUT2D eigenvalue weighted by atomic mass is 10.2. The Morgan fingerprint density at radius 2 is 1.76 bits per heavy atom. The number of amides is 1. The van der Waals surface area contributed by atoms with Crippen LogP contribution in [0.3, 0.4) is 0 Å². The zero-order valence-electron chi connectivity index (χ0n) is 15.7. The first-order valence-electron chi connectivity index (χ1n) is 9.45. The number of hydrogen-bond donors (Lipinski definition) is 0. The Morgan fingerprint density at radius 3 is 2.52 bits per heavy atom. The largest absolute Gasteiger partial charge is 0.345 e. The van der Waals surface area contributed by atoms with Gasteiger partial charge in [0, 0.05) is 43.2 Å². The van der Waals surface area contributed by atoms with Crippen LogP contribution in [0.4, 0.5) is 9.52 Å². The summed E-state index contributed by atoms with van der Waals surface area (Å²) in [5.74, 6) is -0.216. The molecule has 2 aromatic carbocycles. The Hall–Kier alpha value is -2.51. The molecule has 8 heteroatoms. The normalized spacial score (nSPS) is 14.7. The second-order valence-corrected chi connectivity index (χ2v) is 8.40. The van der Waals surface area contributed by atoms with Gasteiger partial charge in [-0.1, -0.05) is 35.1 Å². The van der Waals surface area contributed by atoms with Crippen LogP contribution in [0.15, 0.2) is 48.5 Å². The van der Waals surface area contributed by atoms with Crippen LogP contribution in [0, 0.1) is 5.82 Å². The minimum atomic E-state index is -0.242. The molecule has 0 radical (unpaired) electrons. The van der Waals surface area contributed by atoms with Crippen molar-refractivity contribution in [2.75, 3.05) is 31.1 Å². The molecule has 2 heterocycles. The van der Waals surface area contributed by atoms with E-state index in [9.17, 15) is 9.18 Å². The molecule has 0 N–H and O–H groups in total. The number of halogens is 2. The summed E-state index contributed by atoms with van der Waals surface area (Å²) in [6, 6.07) is 13.5. The maximum absolute atomic E-state index is 13.1. The van der Waals surface area contributed by atoms with Crippen molar-refractivity contribution in [2.45, 2.75) is 12.8 Å². The summed E-state index contributed by atoms with van der Waals surface area (Å²) in [7, 11) is 0. The van der Waals surface area contributed by atoms with E-state index in [4.69, 9.17) is 11.6 Å². The van der Waals surface area contributed by atoms with Crippen molar-refractivity contribution in [3.05, 3.63) is 75.5 Å². The van der Waals surface area contributed by atoms with Gasteiger partial charge >= 0.3 is 0 Å². The fraction of sp³-hybridized carbons (Fsp3) is 0.286. The maximum atomic E-state index is 13.1. The van der Waals surface area contributed by atoms with E-state index in [0.717, 1.165) is 28.7 Å². The fourth-order valence-corrected chi connectivity index (χ4v) is 4.36. The monoisotopic (exact) mass is 430 g/mol. The van der Waals surface area contributed by atoms with E-state index < -0.39 is 0 Å². The molecule has 0 unspecified atom stereocenters. The molecule has 0 atom stereocenters. The summed E-state index contributed by atoms with van der Waals surface area (Å²) in [4.78, 5) is 16.8. The highest BCUT2D eigenvalue weighted by Gasteiger charge is 2.22. The number of hydrogen-bond acceptors (Lipinski definition) is 5. The first-order valence-corrected chi connectivity index (χ1v) is 10.6. The zero-order valence-corrected chi connectivity index (χ0v) is 17.3. The van der Waals surface area contributed by atoms with Gasteiger partial charge < -0.3 is 9.80 Å². The number of carbonyl (C=O) groups is 1. The van der Waals surface area contributed by atoms with E-state index in [-0.39, 0.29) is 11.7 Å². The van der Waals surface area contributed by atoms with Crippen LogP contribution in [0.1, 0.15) is 27.3 Å². The third-order valence-electron chi connectivity index (χ3n) is 4.87. The molecule has 1 saturated heterocycles. The lowest BCUT2D eigenvalue weighted by molar-refractivity contribution is 0.0767. The average Bonchev–Trinajstić information content (AvgIpc) is 3.04. The Bertz CT molecular complexity index is 977. The highest BCUT2D eigenvalue weighted by molar-refractivity contribution is 7.15. The molecule has 1 aliphatic rings. The van der Waals surface area contributed by atoms with Crippen LogP contribution < -0.4 is 4.90 Å². The van der Waals surface area contributed by atoms with E-state index >= 15 is 0 Å². The van der Waals surface area contributed by atoms with Crippen molar-refractivity contribution < 1.29 is 9.18 Å². The van der Waals surface area contributed by atoms with Crippen LogP contribution in [-0.2, 0) is 6.42 Å². The second-order valence-electron chi connectivity index (χ2n) is 6.92. The molecule has 1 amide bonds. The van der Waals surface area contributed by atoms with E-state index in [1.807, 2.05) is 4.90 Å². The van der Waals surface area contributed by atoms with Crippen LogP contribution in [0.25, 0.3) is 0 Å². The standard InChI is InChI=1S/C21H20ClFN4OS/c22-17-6-4-16(5-7-17)20(28)26-10-1-11-27(13-12-26)21-25-24-19(29-21)14-15-2-8-18(23)9-3-15/h2-9H,1,10-14H2. The van der Waals surface area contributed by atoms with E-state index in [1.165, 1.54) is 12.1 Å². The van der Waals surface area contributed by atoms with Crippen LogP contribution >= 0.6 is 22.9 Å². The lowest BCUT2D eigenvalue weighted by Crippen LogP contribution is -2.35. The summed E-state index contributed by atoms with van der Waals surface area (Å²) in [5, 5.41) is 11.0. The van der Waals surface area contributed by atoms with Gasteiger partial charge in [-0.05, 0) is 48.4 Å². The van der Waals surface area contributed by atoms with Crippen LogP contribution in [0.2, 0.25) is 5.02 Å². The molecule has 29 heavy (non-hydrogen) atoms. The van der Waals surface area contributed by atoms with E-state index in [1.54, 1.807) is 47.7 Å². The predicted molar refractivity (Wildman–Crippen MR) is 113 cm³/mol. The van der Waals surface area contributed by atoms with Gasteiger partial charge in [0.2, 0.25) is 5.13 Å². The lowest BCUT2D eigenvalue weighted by Gasteiger charge is -2.21. The summed E-state index contributed by atoms with van der Waals surface area (Å²) < 4.78 is 13.1. The SMILES string of the molecule is O=C(c1ccc(Cl)cc1)N1CCCN(c2nnc(Cc3ccc(F)cc3)s2)CC1. The minimum Gasteiger partial charge on any atom is -0.345 e. The van der Waals surface area contributed by atoms with Crippen molar-refractivity contribution >= 4 is 34.0 Å². The van der Waals surface area contributed by atoms with Gasteiger partial charge in [0.25, 0.3) is 5.91 Å². The summed E-state index contributed by atoms with van der Waals surface area (Å²) in [5.41, 5.74) is 1.66. The second kappa shape index (κ2) is 8.88. The highest BCUT2D eigenvalue weighted by atomic mass is 35.5. The molecular formula is C21H20ClFN4OS. The summed E-state index contributed by atoms with van der Waals surface area (Å²) >= 11 is 7.46. The van der Waals surface area contributed by atoms with Crippen molar-refractivity contribution in [3.63, 3.8) is 0 Å². The van der Waals surface area contributed by atoms with Gasteiger partial charge in [-0.25, -0.2) is 4.39 Å². The van der Waals surface area contributed by atoms with Crippen molar-refractivity contribution in [1.82, 2.24) is 15.1 Å². The third kappa shape index (κ3) is 4.92. The van der Waals surface area contributed by atoms with Gasteiger partial charge in [-0.3, -0.25) is 4.79 Å². The summed E-state index contributed by atoms with van der Waals surface area (Å²) in [6.45, 7) is 2.88. The Morgan fingerprint density at radius 1 is 1.00 bits per heavy atom. The molecule has 0 aliphatic carbocycles. The van der Waals surface area contributed by atoms with E-state index in [0.29, 0.717) is 36.6 Å². The maximum Gasteiger partial charge on any atom is 0.253 e.